The molecule has 0 spiro atoms. The van der Waals surface area contributed by atoms with Gasteiger partial charge in [0.05, 0.1) is 0 Å². The molecule has 4 heteroatoms. The second-order valence-electron chi connectivity index (χ2n) is 2.63. The molecule has 0 amide bonds. The maximum absolute atomic E-state index is 10.9. The van der Waals surface area contributed by atoms with E-state index in [0.717, 1.165) is 23.3 Å². The number of carbonyl (C=O) groups is 1. The number of methoxy groups -OCH3 is 1. The van der Waals surface area contributed by atoms with E-state index in [9.17, 15) is 4.79 Å². The van der Waals surface area contributed by atoms with Gasteiger partial charge in [0.1, 0.15) is 0 Å². The van der Waals surface area contributed by atoms with Crippen molar-refractivity contribution in [2.24, 2.45) is 5.41 Å². The van der Waals surface area contributed by atoms with Gasteiger partial charge in [0.25, 0.3) is 0 Å². The molecule has 0 aliphatic rings. The van der Waals surface area contributed by atoms with Crippen molar-refractivity contribution in [2.75, 3.05) is 7.11 Å². The van der Waals surface area contributed by atoms with E-state index in [1.807, 2.05) is 13.8 Å². The molecule has 0 N–H and O–H groups in total. The van der Waals surface area contributed by atoms with Crippen LogP contribution in [0.3, 0.4) is 0 Å². The van der Waals surface area contributed by atoms with Crippen LogP contribution in [-0.2, 0) is 27.8 Å². The van der Waals surface area contributed by atoms with Crippen LogP contribution in [0.5, 0.6) is 0 Å². The third kappa shape index (κ3) is 3.67. The van der Waals surface area contributed by atoms with Crippen LogP contribution in [0.25, 0.3) is 0 Å². The Bertz CT molecular complexity index is 114. The minimum Gasteiger partial charge on any atom is -1.00 e. The molecular weight excluding hydrogens is 249 g/mol. The molecule has 0 aromatic rings. The van der Waals surface area contributed by atoms with Gasteiger partial charge < -0.3 is 17.0 Å². The van der Waals surface area contributed by atoms with Gasteiger partial charge in [-0.15, -0.1) is 0 Å². The summed E-state index contributed by atoms with van der Waals surface area (Å²) >= 11 is 1.14. The molecule has 0 fully saturated rings. The molecule has 0 atom stereocenters. The molecule has 0 saturated heterocycles. The third-order valence-corrected chi connectivity index (χ3v) is 3.99. The molecule has 2 nitrogen and oxygen atoms in total. The number of hydrogen-bond acceptors (Lipinski definition) is 2. The molecule has 0 aliphatic carbocycles. The van der Waals surface area contributed by atoms with E-state index in [4.69, 9.17) is 0 Å². The maximum atomic E-state index is 10.9. The second-order valence-corrected chi connectivity index (χ2v) is 3.67. The summed E-state index contributed by atoms with van der Waals surface area (Å²) in [6.45, 7) is 3.81. The number of esters is 1. The Labute approximate surface area is 82.2 Å². The van der Waals surface area contributed by atoms with Crippen LogP contribution in [0, 0.1) is 5.41 Å². The smallest absolute Gasteiger partial charge is 1.00 e. The van der Waals surface area contributed by atoms with Gasteiger partial charge in [-0.3, -0.25) is 0 Å². The van der Waals surface area contributed by atoms with Gasteiger partial charge >= 0.3 is 65.2 Å². The second kappa shape index (κ2) is 5.25. The van der Waals surface area contributed by atoms with Crippen molar-refractivity contribution in [3.05, 3.63) is 0 Å². The van der Waals surface area contributed by atoms with Crippen molar-refractivity contribution >= 4 is 5.97 Å². The zero-order valence-electron chi connectivity index (χ0n) is 6.61. The number of ether oxygens (including phenoxy) is 1. The summed E-state index contributed by atoms with van der Waals surface area (Å²) in [5, 5.41) is 0.944. The van der Waals surface area contributed by atoms with E-state index in [2.05, 4.69) is 4.74 Å². The van der Waals surface area contributed by atoms with Crippen LogP contribution in [0.15, 0.2) is 0 Å². The number of rotatable bonds is 2. The van der Waals surface area contributed by atoms with Gasteiger partial charge in [-0.05, 0) is 0 Å². The average molecular weight is 260 g/mol. The number of hydrogen-bond donors (Lipinski definition) is 0. The molecular formula is C6H11BrO2Zn. The van der Waals surface area contributed by atoms with Crippen molar-refractivity contribution in [2.45, 2.75) is 18.9 Å². The van der Waals surface area contributed by atoms with Crippen molar-refractivity contribution < 1.29 is 44.8 Å². The zero-order chi connectivity index (χ0) is 7.49. The Morgan fingerprint density at radius 1 is 1.60 bits per heavy atom. The number of halogens is 1. The molecule has 10 heavy (non-hydrogen) atoms. The van der Waals surface area contributed by atoms with Crippen molar-refractivity contribution in [1.29, 1.82) is 0 Å². The van der Waals surface area contributed by atoms with Crippen LogP contribution in [0.1, 0.15) is 13.8 Å². The summed E-state index contributed by atoms with van der Waals surface area (Å²) in [6, 6.07) is 0. The Kier molecular flexibility index (Phi) is 6.93. The molecule has 0 aromatic heterocycles. The minimum absolute atomic E-state index is 0. The predicted octanol–water partition coefficient (Wildman–Crippen LogP) is -1.85. The first-order valence-electron chi connectivity index (χ1n) is 2.92. The van der Waals surface area contributed by atoms with E-state index in [0.29, 0.717) is 0 Å². The molecule has 0 unspecified atom stereocenters. The molecule has 56 valence electrons. The summed E-state index contributed by atoms with van der Waals surface area (Å²) in [5.41, 5.74) is -0.255. The Morgan fingerprint density at radius 3 is 2.10 bits per heavy atom. The fourth-order valence-electron chi connectivity index (χ4n) is 0.378. The fraction of sp³-hybridized carbons (Fsp3) is 0.833. The van der Waals surface area contributed by atoms with Gasteiger partial charge in [0, 0.05) is 0 Å². The largest absolute Gasteiger partial charge is 1.00 e. The molecule has 0 aromatic carbocycles. The minimum atomic E-state index is -0.255. The normalized spacial score (nSPS) is 10.1. The van der Waals surface area contributed by atoms with Crippen LogP contribution in [0.2, 0.25) is 5.02 Å². The van der Waals surface area contributed by atoms with Crippen LogP contribution in [0.4, 0.5) is 0 Å². The summed E-state index contributed by atoms with van der Waals surface area (Å²) in [4.78, 5) is 10.9. The number of carbonyl (C=O) groups excluding carboxylic acids is 1. The molecule has 0 saturated carbocycles. The summed E-state index contributed by atoms with van der Waals surface area (Å²) in [5.74, 6) is -0.103. The van der Waals surface area contributed by atoms with E-state index < -0.39 is 0 Å². The quantitative estimate of drug-likeness (QED) is 0.431. The van der Waals surface area contributed by atoms with E-state index in [1.165, 1.54) is 7.11 Å². The van der Waals surface area contributed by atoms with Crippen molar-refractivity contribution in [3.63, 3.8) is 0 Å². The first-order chi connectivity index (χ1) is 4.04. The summed E-state index contributed by atoms with van der Waals surface area (Å²) < 4.78 is 4.59. The monoisotopic (exact) mass is 258 g/mol. The van der Waals surface area contributed by atoms with Gasteiger partial charge in [0.2, 0.25) is 0 Å². The maximum Gasteiger partial charge on any atom is -1.00 e. The summed E-state index contributed by atoms with van der Waals surface area (Å²) in [7, 11) is 1.43. The van der Waals surface area contributed by atoms with Crippen LogP contribution in [-0.4, -0.2) is 13.1 Å². The average Bonchev–Trinajstić information content (AvgIpc) is 1.86. The predicted molar refractivity (Wildman–Crippen MR) is 30.6 cm³/mol. The summed E-state index contributed by atoms with van der Waals surface area (Å²) in [6.07, 6.45) is 0. The van der Waals surface area contributed by atoms with Gasteiger partial charge in [-0.1, -0.05) is 0 Å². The molecule has 0 heterocycles. The van der Waals surface area contributed by atoms with Gasteiger partial charge in [-0.2, -0.15) is 0 Å². The van der Waals surface area contributed by atoms with Crippen molar-refractivity contribution in [1.82, 2.24) is 0 Å². The Balaban J connectivity index is 0. The van der Waals surface area contributed by atoms with Crippen LogP contribution < -0.4 is 17.0 Å². The third-order valence-electron chi connectivity index (χ3n) is 1.36. The Morgan fingerprint density at radius 2 is 2.00 bits per heavy atom. The first kappa shape index (κ1) is 13.2. The zero-order valence-corrected chi connectivity index (χ0v) is 11.2. The SMILES string of the molecule is COC(=O)C(C)(C)[CH2][Zn+].[Br-]. The molecule has 0 radical (unpaired) electrons. The first-order valence-corrected chi connectivity index (χ1v) is 5.02. The Hall–Kier alpha value is 0.573. The fourth-order valence-corrected chi connectivity index (χ4v) is 0.807. The van der Waals surface area contributed by atoms with Gasteiger partial charge in [0.15, 0.2) is 0 Å². The van der Waals surface area contributed by atoms with Gasteiger partial charge in [-0.25, -0.2) is 0 Å². The molecule has 0 rings (SSSR count). The van der Waals surface area contributed by atoms with Crippen molar-refractivity contribution in [3.8, 4) is 0 Å². The van der Waals surface area contributed by atoms with E-state index in [-0.39, 0.29) is 28.4 Å². The van der Waals surface area contributed by atoms with Crippen LogP contribution >= 0.6 is 0 Å². The topological polar surface area (TPSA) is 26.3 Å². The molecule has 0 bridgehead atoms. The standard InChI is InChI=1S/C6H11O2.BrH.Zn/c1-6(2,3)5(7)8-4;;/h1H2,2-4H3;1H;/q;;+1/p-1. The molecule has 0 aliphatic heterocycles. The van der Waals surface area contributed by atoms with E-state index >= 15 is 0 Å². The van der Waals surface area contributed by atoms with E-state index in [1.54, 1.807) is 0 Å².